The molecular weight excluding hydrogens is 340 g/mol. The van der Waals surface area contributed by atoms with E-state index < -0.39 is 0 Å². The van der Waals surface area contributed by atoms with E-state index in [1.54, 1.807) is 0 Å². The zero-order valence-corrected chi connectivity index (χ0v) is 17.7. The molecule has 3 heterocycles. The predicted octanol–water partition coefficient (Wildman–Crippen LogP) is 1.12. The van der Waals surface area contributed by atoms with E-state index in [1.807, 2.05) is 0 Å². The fraction of sp³-hybridized carbons (Fsp3) is 0.952. The van der Waals surface area contributed by atoms with Crippen LogP contribution in [0.5, 0.6) is 0 Å². The van der Waals surface area contributed by atoms with Crippen molar-refractivity contribution in [2.75, 3.05) is 72.6 Å². The SMILES string of the molecule is CC(C)CN1C[C@@H](CN2CCN(C)CC2)C[C@@H](C(=O)NC[C@H]2CCCO2)C1. The summed E-state index contributed by atoms with van der Waals surface area (Å²) in [6, 6.07) is 0. The highest BCUT2D eigenvalue weighted by molar-refractivity contribution is 5.79. The molecule has 0 spiro atoms. The molecule has 0 unspecified atom stereocenters. The van der Waals surface area contributed by atoms with Gasteiger partial charge in [-0.2, -0.15) is 0 Å². The number of hydrogen-bond acceptors (Lipinski definition) is 5. The molecule has 6 nitrogen and oxygen atoms in total. The minimum Gasteiger partial charge on any atom is -0.376 e. The second-order valence-corrected chi connectivity index (χ2v) is 9.40. The lowest BCUT2D eigenvalue weighted by atomic mass is 9.87. The van der Waals surface area contributed by atoms with Gasteiger partial charge in [0.05, 0.1) is 12.0 Å². The highest BCUT2D eigenvalue weighted by Crippen LogP contribution is 2.24. The fourth-order valence-corrected chi connectivity index (χ4v) is 4.85. The number of carbonyl (C=O) groups is 1. The van der Waals surface area contributed by atoms with Gasteiger partial charge in [0.25, 0.3) is 0 Å². The van der Waals surface area contributed by atoms with E-state index in [1.165, 1.54) is 0 Å². The third-order valence-corrected chi connectivity index (χ3v) is 6.25. The number of nitrogens with one attached hydrogen (secondary N) is 1. The molecule has 0 bridgehead atoms. The van der Waals surface area contributed by atoms with Gasteiger partial charge in [-0.3, -0.25) is 4.79 Å². The van der Waals surface area contributed by atoms with Crippen molar-refractivity contribution in [3.05, 3.63) is 0 Å². The number of hydrogen-bond donors (Lipinski definition) is 1. The maximum atomic E-state index is 12.9. The van der Waals surface area contributed by atoms with Crippen LogP contribution in [0.25, 0.3) is 0 Å². The van der Waals surface area contributed by atoms with Crippen molar-refractivity contribution < 1.29 is 9.53 Å². The normalized spacial score (nSPS) is 31.5. The second kappa shape index (κ2) is 10.2. The number of likely N-dealkylation sites (tertiary alicyclic amines) is 1. The van der Waals surface area contributed by atoms with Crippen molar-refractivity contribution in [1.82, 2.24) is 20.0 Å². The number of nitrogens with zero attached hydrogens (tertiary/aromatic N) is 3. The van der Waals surface area contributed by atoms with E-state index in [4.69, 9.17) is 4.74 Å². The number of likely N-dealkylation sites (N-methyl/N-ethyl adjacent to an activating group) is 1. The zero-order chi connectivity index (χ0) is 19.2. The molecular formula is C21H40N4O2. The average Bonchev–Trinajstić information content (AvgIpc) is 3.14. The van der Waals surface area contributed by atoms with Gasteiger partial charge in [-0.05, 0) is 38.1 Å². The van der Waals surface area contributed by atoms with E-state index >= 15 is 0 Å². The van der Waals surface area contributed by atoms with Gasteiger partial charge in [-0.1, -0.05) is 13.8 Å². The second-order valence-electron chi connectivity index (χ2n) is 9.40. The molecule has 6 heteroatoms. The standard InChI is InChI=1S/C21H40N4O2/c1-17(2)13-25-15-18(14-24-8-6-23(3)7-9-24)11-19(16-25)21(26)22-12-20-5-4-10-27-20/h17-20H,4-16H2,1-3H3,(H,22,26)/t18-,19-,20-/m1/s1. The lowest BCUT2D eigenvalue weighted by molar-refractivity contribution is -0.128. The van der Waals surface area contributed by atoms with E-state index in [-0.39, 0.29) is 17.9 Å². The van der Waals surface area contributed by atoms with Gasteiger partial charge in [0, 0.05) is 65.5 Å². The van der Waals surface area contributed by atoms with Crippen molar-refractivity contribution in [3.8, 4) is 0 Å². The fourth-order valence-electron chi connectivity index (χ4n) is 4.85. The maximum absolute atomic E-state index is 12.9. The minimum atomic E-state index is 0.122. The molecule has 156 valence electrons. The first-order chi connectivity index (χ1) is 13.0. The van der Waals surface area contributed by atoms with Crippen molar-refractivity contribution >= 4 is 5.91 Å². The van der Waals surface area contributed by atoms with Crippen LogP contribution in [-0.4, -0.2) is 99.3 Å². The summed E-state index contributed by atoms with van der Waals surface area (Å²) in [4.78, 5) is 20.4. The Kier molecular flexibility index (Phi) is 7.94. The van der Waals surface area contributed by atoms with Crippen molar-refractivity contribution in [3.63, 3.8) is 0 Å². The summed E-state index contributed by atoms with van der Waals surface area (Å²) in [6.45, 7) is 15.0. The van der Waals surface area contributed by atoms with Crippen LogP contribution in [0, 0.1) is 17.8 Å². The predicted molar refractivity (Wildman–Crippen MR) is 109 cm³/mol. The lowest BCUT2D eigenvalue weighted by Crippen LogP contribution is -2.52. The Hall–Kier alpha value is -0.690. The number of rotatable bonds is 7. The van der Waals surface area contributed by atoms with Gasteiger partial charge in [0.15, 0.2) is 0 Å². The molecule has 3 saturated heterocycles. The summed E-state index contributed by atoms with van der Waals surface area (Å²) < 4.78 is 5.66. The third-order valence-electron chi connectivity index (χ3n) is 6.25. The summed E-state index contributed by atoms with van der Waals surface area (Å²) in [5.41, 5.74) is 0. The van der Waals surface area contributed by atoms with Crippen molar-refractivity contribution in [1.29, 1.82) is 0 Å². The van der Waals surface area contributed by atoms with Gasteiger partial charge in [0.1, 0.15) is 0 Å². The highest BCUT2D eigenvalue weighted by atomic mass is 16.5. The lowest BCUT2D eigenvalue weighted by Gasteiger charge is -2.41. The van der Waals surface area contributed by atoms with E-state index in [9.17, 15) is 4.79 Å². The first-order valence-electron chi connectivity index (χ1n) is 11.0. The smallest absolute Gasteiger partial charge is 0.224 e. The molecule has 0 saturated carbocycles. The van der Waals surface area contributed by atoms with Gasteiger partial charge in [-0.25, -0.2) is 0 Å². The van der Waals surface area contributed by atoms with Crippen molar-refractivity contribution in [2.45, 2.75) is 39.2 Å². The van der Waals surface area contributed by atoms with Crippen LogP contribution in [0.2, 0.25) is 0 Å². The van der Waals surface area contributed by atoms with Crippen LogP contribution in [0.4, 0.5) is 0 Å². The molecule has 0 radical (unpaired) electrons. The first-order valence-corrected chi connectivity index (χ1v) is 11.0. The molecule has 0 aliphatic carbocycles. The minimum absolute atomic E-state index is 0.122. The summed E-state index contributed by atoms with van der Waals surface area (Å²) in [6.07, 6.45) is 3.46. The largest absolute Gasteiger partial charge is 0.376 e. The molecule has 27 heavy (non-hydrogen) atoms. The molecule has 0 aromatic rings. The maximum Gasteiger partial charge on any atom is 0.224 e. The van der Waals surface area contributed by atoms with E-state index in [0.717, 1.165) is 78.2 Å². The summed E-state index contributed by atoms with van der Waals surface area (Å²) >= 11 is 0. The number of ether oxygens (including phenoxy) is 1. The molecule has 1 N–H and O–H groups in total. The van der Waals surface area contributed by atoms with Crippen LogP contribution in [0.15, 0.2) is 0 Å². The Labute approximate surface area is 165 Å². The monoisotopic (exact) mass is 380 g/mol. The highest BCUT2D eigenvalue weighted by Gasteiger charge is 2.33. The molecule has 3 rings (SSSR count). The van der Waals surface area contributed by atoms with Crippen LogP contribution in [-0.2, 0) is 9.53 Å². The number of piperazine rings is 1. The van der Waals surface area contributed by atoms with Gasteiger partial charge in [0.2, 0.25) is 5.91 Å². The van der Waals surface area contributed by atoms with Crippen LogP contribution < -0.4 is 5.32 Å². The number of amides is 1. The number of piperidine rings is 1. The Balaban J connectivity index is 1.52. The Bertz CT molecular complexity index is 459. The molecule has 0 aromatic heterocycles. The molecule has 3 aliphatic heterocycles. The average molecular weight is 381 g/mol. The Morgan fingerprint density at radius 1 is 1.15 bits per heavy atom. The molecule has 3 atom stereocenters. The topological polar surface area (TPSA) is 48.0 Å². The quantitative estimate of drug-likeness (QED) is 0.717. The van der Waals surface area contributed by atoms with Gasteiger partial charge in [-0.15, -0.1) is 0 Å². The van der Waals surface area contributed by atoms with Crippen molar-refractivity contribution in [2.24, 2.45) is 17.8 Å². The molecule has 3 fully saturated rings. The van der Waals surface area contributed by atoms with E-state index in [2.05, 4.69) is 40.9 Å². The molecule has 1 amide bonds. The Morgan fingerprint density at radius 3 is 2.59 bits per heavy atom. The van der Waals surface area contributed by atoms with Gasteiger partial charge < -0.3 is 24.8 Å². The summed E-state index contributed by atoms with van der Waals surface area (Å²) in [7, 11) is 2.21. The summed E-state index contributed by atoms with van der Waals surface area (Å²) in [5, 5.41) is 3.19. The van der Waals surface area contributed by atoms with Crippen LogP contribution >= 0.6 is 0 Å². The van der Waals surface area contributed by atoms with E-state index in [0.29, 0.717) is 18.4 Å². The molecule has 3 aliphatic rings. The molecule has 0 aromatic carbocycles. The Morgan fingerprint density at radius 2 is 1.93 bits per heavy atom. The summed E-state index contributed by atoms with van der Waals surface area (Å²) in [5.74, 6) is 1.60. The number of carbonyl (C=O) groups excluding carboxylic acids is 1. The zero-order valence-electron chi connectivity index (χ0n) is 17.7. The van der Waals surface area contributed by atoms with Crippen LogP contribution in [0.1, 0.15) is 33.1 Å². The first kappa shape index (κ1) is 21.0. The van der Waals surface area contributed by atoms with Crippen LogP contribution in [0.3, 0.4) is 0 Å². The third kappa shape index (κ3) is 6.70. The van der Waals surface area contributed by atoms with Gasteiger partial charge >= 0.3 is 0 Å².